The van der Waals surface area contributed by atoms with Crippen molar-refractivity contribution in [1.29, 1.82) is 0 Å². The van der Waals surface area contributed by atoms with E-state index in [1.165, 1.54) is 12.8 Å². The third-order valence-electron chi connectivity index (χ3n) is 2.13. The molecule has 0 amide bonds. The van der Waals surface area contributed by atoms with Crippen LogP contribution in [-0.4, -0.2) is 9.97 Å². The van der Waals surface area contributed by atoms with Crippen LogP contribution in [0.3, 0.4) is 0 Å². The molecule has 0 saturated heterocycles. The summed E-state index contributed by atoms with van der Waals surface area (Å²) in [4.78, 5) is 8.29. The second-order valence-corrected chi connectivity index (χ2v) is 3.85. The summed E-state index contributed by atoms with van der Waals surface area (Å²) in [6.07, 6.45) is 5.80. The third-order valence-corrected chi connectivity index (χ3v) is 2.74. The molecule has 1 aliphatic rings. The number of aromatic nitrogens is 2. The van der Waals surface area contributed by atoms with Crippen LogP contribution < -0.4 is 5.73 Å². The summed E-state index contributed by atoms with van der Waals surface area (Å²) < 4.78 is 0.782. The van der Waals surface area contributed by atoms with E-state index in [2.05, 4.69) is 25.9 Å². The van der Waals surface area contributed by atoms with E-state index in [1.54, 1.807) is 12.4 Å². The Bertz CT molecular complexity index is 285. The maximum absolute atomic E-state index is 5.97. The van der Waals surface area contributed by atoms with Crippen LogP contribution in [0.4, 0.5) is 0 Å². The van der Waals surface area contributed by atoms with Crippen molar-refractivity contribution in [1.82, 2.24) is 9.97 Å². The van der Waals surface area contributed by atoms with Gasteiger partial charge in [0.2, 0.25) is 0 Å². The fourth-order valence-corrected chi connectivity index (χ4v) is 1.72. The Hall–Kier alpha value is -0.480. The Morgan fingerprint density at radius 3 is 2.67 bits per heavy atom. The normalized spacial score (nSPS) is 19.2. The zero-order chi connectivity index (χ0) is 8.55. The molecule has 0 aromatic carbocycles. The summed E-state index contributed by atoms with van der Waals surface area (Å²) in [5, 5.41) is 0. The Morgan fingerprint density at radius 1 is 1.42 bits per heavy atom. The molecular formula is C8H10BrN3. The van der Waals surface area contributed by atoms with Gasteiger partial charge in [-0.2, -0.15) is 0 Å². The van der Waals surface area contributed by atoms with E-state index in [0.29, 0.717) is 5.92 Å². The zero-order valence-corrected chi connectivity index (χ0v) is 8.16. The lowest BCUT2D eigenvalue weighted by atomic mass is 10.1. The van der Waals surface area contributed by atoms with Crippen molar-refractivity contribution in [2.24, 2.45) is 11.7 Å². The fourth-order valence-electron chi connectivity index (χ4n) is 1.23. The van der Waals surface area contributed by atoms with Gasteiger partial charge in [0, 0.05) is 12.4 Å². The molecule has 4 heteroatoms. The lowest BCUT2D eigenvalue weighted by molar-refractivity contribution is 0.607. The maximum Gasteiger partial charge on any atom is 0.129 e. The minimum absolute atomic E-state index is 0.0630. The summed E-state index contributed by atoms with van der Waals surface area (Å²) in [5.41, 5.74) is 6.86. The van der Waals surface area contributed by atoms with E-state index in [1.807, 2.05) is 0 Å². The van der Waals surface area contributed by atoms with E-state index in [0.717, 1.165) is 10.3 Å². The Kier molecular flexibility index (Phi) is 2.11. The highest BCUT2D eigenvalue weighted by Crippen LogP contribution is 2.39. The topological polar surface area (TPSA) is 51.8 Å². The van der Waals surface area contributed by atoms with Crippen molar-refractivity contribution in [3.63, 3.8) is 0 Å². The van der Waals surface area contributed by atoms with Gasteiger partial charge in [0.05, 0.1) is 11.7 Å². The van der Waals surface area contributed by atoms with E-state index < -0.39 is 0 Å². The smallest absolute Gasteiger partial charge is 0.129 e. The molecular weight excluding hydrogens is 218 g/mol. The van der Waals surface area contributed by atoms with E-state index in [4.69, 9.17) is 5.73 Å². The van der Waals surface area contributed by atoms with Crippen LogP contribution in [-0.2, 0) is 0 Å². The second kappa shape index (κ2) is 3.11. The monoisotopic (exact) mass is 227 g/mol. The van der Waals surface area contributed by atoms with Crippen LogP contribution >= 0.6 is 15.9 Å². The first-order chi connectivity index (χ1) is 5.79. The van der Waals surface area contributed by atoms with Crippen LogP contribution in [0.15, 0.2) is 17.0 Å². The van der Waals surface area contributed by atoms with E-state index in [-0.39, 0.29) is 6.04 Å². The zero-order valence-electron chi connectivity index (χ0n) is 6.57. The molecule has 2 rings (SSSR count). The van der Waals surface area contributed by atoms with E-state index >= 15 is 0 Å². The minimum atomic E-state index is 0.0630. The number of nitrogens with two attached hydrogens (primary N) is 1. The van der Waals surface area contributed by atoms with Crippen molar-refractivity contribution in [3.8, 4) is 0 Å². The molecule has 0 aliphatic heterocycles. The predicted molar refractivity (Wildman–Crippen MR) is 49.4 cm³/mol. The van der Waals surface area contributed by atoms with Gasteiger partial charge in [0.25, 0.3) is 0 Å². The maximum atomic E-state index is 5.97. The van der Waals surface area contributed by atoms with Gasteiger partial charge in [-0.3, -0.25) is 4.98 Å². The van der Waals surface area contributed by atoms with Gasteiger partial charge < -0.3 is 5.73 Å². The Morgan fingerprint density at radius 2 is 2.08 bits per heavy atom. The van der Waals surface area contributed by atoms with Gasteiger partial charge in [0.15, 0.2) is 0 Å². The average Bonchev–Trinajstić information content (AvgIpc) is 2.86. The lowest BCUT2D eigenvalue weighted by Gasteiger charge is -2.09. The standard InChI is InChI=1S/C8H10BrN3/c9-8-7(11-3-4-12-8)6(10)5-1-2-5/h3-6H,1-2,10H2. The fraction of sp³-hybridized carbons (Fsp3) is 0.500. The van der Waals surface area contributed by atoms with Crippen LogP contribution in [0.5, 0.6) is 0 Å². The molecule has 1 aliphatic carbocycles. The molecule has 0 radical (unpaired) electrons. The van der Waals surface area contributed by atoms with Gasteiger partial charge >= 0.3 is 0 Å². The van der Waals surface area contributed by atoms with Crippen LogP contribution in [0.25, 0.3) is 0 Å². The summed E-state index contributed by atoms with van der Waals surface area (Å²) in [7, 11) is 0. The van der Waals surface area contributed by atoms with Crippen molar-refractivity contribution < 1.29 is 0 Å². The first-order valence-electron chi connectivity index (χ1n) is 4.01. The third kappa shape index (κ3) is 1.49. The largest absolute Gasteiger partial charge is 0.322 e. The molecule has 1 fully saturated rings. The van der Waals surface area contributed by atoms with Crippen LogP contribution in [0.1, 0.15) is 24.6 Å². The van der Waals surface area contributed by atoms with E-state index in [9.17, 15) is 0 Å². The Labute approximate surface area is 79.5 Å². The first kappa shape index (κ1) is 8.13. The molecule has 3 nitrogen and oxygen atoms in total. The number of nitrogens with zero attached hydrogens (tertiary/aromatic N) is 2. The van der Waals surface area contributed by atoms with Crippen molar-refractivity contribution >= 4 is 15.9 Å². The number of rotatable bonds is 2. The highest BCUT2D eigenvalue weighted by Gasteiger charge is 2.31. The average molecular weight is 228 g/mol. The van der Waals surface area contributed by atoms with Crippen LogP contribution in [0, 0.1) is 5.92 Å². The molecule has 12 heavy (non-hydrogen) atoms. The molecule has 1 saturated carbocycles. The van der Waals surface area contributed by atoms with Crippen molar-refractivity contribution in [2.75, 3.05) is 0 Å². The molecule has 0 spiro atoms. The SMILES string of the molecule is NC(c1nccnc1Br)C1CC1. The Balaban J connectivity index is 2.25. The molecule has 1 atom stereocenters. The number of hydrogen-bond donors (Lipinski definition) is 1. The van der Waals surface area contributed by atoms with Gasteiger partial charge in [-0.15, -0.1) is 0 Å². The molecule has 2 N–H and O–H groups in total. The lowest BCUT2D eigenvalue weighted by Crippen LogP contribution is -2.15. The first-order valence-corrected chi connectivity index (χ1v) is 4.80. The molecule has 1 aromatic rings. The molecule has 1 aromatic heterocycles. The number of hydrogen-bond acceptors (Lipinski definition) is 3. The van der Waals surface area contributed by atoms with Crippen molar-refractivity contribution in [2.45, 2.75) is 18.9 Å². The van der Waals surface area contributed by atoms with Crippen LogP contribution in [0.2, 0.25) is 0 Å². The van der Waals surface area contributed by atoms with Gasteiger partial charge in [-0.1, -0.05) is 0 Å². The summed E-state index contributed by atoms with van der Waals surface area (Å²) in [5.74, 6) is 0.623. The highest BCUT2D eigenvalue weighted by atomic mass is 79.9. The van der Waals surface area contributed by atoms with Gasteiger partial charge in [-0.25, -0.2) is 4.98 Å². The number of halogens is 1. The van der Waals surface area contributed by atoms with Gasteiger partial charge in [-0.05, 0) is 34.7 Å². The quantitative estimate of drug-likeness (QED) is 0.837. The predicted octanol–water partition coefficient (Wildman–Crippen LogP) is 1.65. The molecule has 1 unspecified atom stereocenters. The summed E-state index contributed by atoms with van der Waals surface area (Å²) >= 11 is 3.34. The molecule has 0 bridgehead atoms. The minimum Gasteiger partial charge on any atom is -0.322 e. The highest BCUT2D eigenvalue weighted by molar-refractivity contribution is 9.10. The summed E-state index contributed by atoms with van der Waals surface area (Å²) in [6.45, 7) is 0. The van der Waals surface area contributed by atoms with Gasteiger partial charge in [0.1, 0.15) is 4.60 Å². The second-order valence-electron chi connectivity index (χ2n) is 3.10. The van der Waals surface area contributed by atoms with Crippen molar-refractivity contribution in [3.05, 3.63) is 22.7 Å². The molecule has 1 heterocycles. The summed E-state index contributed by atoms with van der Waals surface area (Å²) in [6, 6.07) is 0.0630. The molecule has 64 valence electrons.